The number of fused-ring (bicyclic) bond motifs is 1. The first-order valence-corrected chi connectivity index (χ1v) is 9.84. The van der Waals surface area contributed by atoms with Crippen LogP contribution in [0.4, 0.5) is 5.69 Å². The van der Waals surface area contributed by atoms with E-state index in [4.69, 9.17) is 0 Å². The lowest BCUT2D eigenvalue weighted by Crippen LogP contribution is -2.38. The minimum atomic E-state index is -0.850. The third-order valence-corrected chi connectivity index (χ3v) is 5.30. The molecule has 0 radical (unpaired) electrons. The van der Waals surface area contributed by atoms with E-state index in [1.807, 2.05) is 62.4 Å². The highest BCUT2D eigenvalue weighted by Gasteiger charge is 2.27. The summed E-state index contributed by atoms with van der Waals surface area (Å²) in [5, 5.41) is 2.97. The molecule has 1 atom stereocenters. The number of aromatic nitrogens is 4. The summed E-state index contributed by atoms with van der Waals surface area (Å²) in [6.45, 7) is 3.93. The molecule has 0 aliphatic rings. The van der Waals surface area contributed by atoms with Gasteiger partial charge in [0.15, 0.2) is 11.2 Å². The van der Waals surface area contributed by atoms with Crippen molar-refractivity contribution in [2.45, 2.75) is 19.9 Å². The van der Waals surface area contributed by atoms with Crippen molar-refractivity contribution in [2.24, 2.45) is 14.1 Å². The van der Waals surface area contributed by atoms with Gasteiger partial charge in [0, 0.05) is 19.8 Å². The van der Waals surface area contributed by atoms with Gasteiger partial charge < -0.3 is 9.88 Å². The van der Waals surface area contributed by atoms with Crippen LogP contribution < -0.4 is 16.6 Å². The van der Waals surface area contributed by atoms with Crippen molar-refractivity contribution in [3.05, 3.63) is 92.4 Å². The average molecular weight is 417 g/mol. The molecule has 31 heavy (non-hydrogen) atoms. The lowest BCUT2D eigenvalue weighted by Gasteiger charge is -2.20. The molecule has 0 unspecified atom stereocenters. The zero-order valence-electron chi connectivity index (χ0n) is 17.8. The smallest absolute Gasteiger partial charge is 0.324 e. The van der Waals surface area contributed by atoms with E-state index >= 15 is 0 Å². The summed E-state index contributed by atoms with van der Waals surface area (Å²) in [6.07, 6.45) is 1.43. The van der Waals surface area contributed by atoms with Crippen LogP contribution >= 0.6 is 0 Å². The highest BCUT2D eigenvalue weighted by Crippen LogP contribution is 2.24. The first-order chi connectivity index (χ1) is 14.8. The Labute approximate surface area is 178 Å². The number of rotatable bonds is 4. The summed E-state index contributed by atoms with van der Waals surface area (Å²) in [5.74, 6) is -0.314. The molecule has 158 valence electrons. The van der Waals surface area contributed by atoms with Crippen LogP contribution in [0.3, 0.4) is 0 Å². The number of carbonyl (C=O) groups excluding carboxylic acids is 1. The van der Waals surface area contributed by atoms with Gasteiger partial charge in [-0.1, -0.05) is 36.4 Å². The number of amides is 1. The second kappa shape index (κ2) is 7.71. The molecule has 8 nitrogen and oxygen atoms in total. The van der Waals surface area contributed by atoms with E-state index in [0.29, 0.717) is 11.3 Å². The highest BCUT2D eigenvalue weighted by atomic mass is 16.2. The predicted octanol–water partition coefficient (Wildman–Crippen LogP) is 2.28. The van der Waals surface area contributed by atoms with Crippen LogP contribution in [0, 0.1) is 13.8 Å². The van der Waals surface area contributed by atoms with Crippen LogP contribution in [0.15, 0.2) is 64.4 Å². The molecule has 0 aliphatic heterocycles. The Bertz CT molecular complexity index is 1390. The van der Waals surface area contributed by atoms with E-state index in [1.165, 1.54) is 22.5 Å². The van der Waals surface area contributed by atoms with Gasteiger partial charge >= 0.3 is 5.69 Å². The van der Waals surface area contributed by atoms with Gasteiger partial charge in [-0.25, -0.2) is 9.78 Å². The van der Waals surface area contributed by atoms with E-state index in [1.54, 1.807) is 7.05 Å². The zero-order valence-corrected chi connectivity index (χ0v) is 17.8. The van der Waals surface area contributed by atoms with Crippen LogP contribution in [0.1, 0.15) is 22.7 Å². The van der Waals surface area contributed by atoms with Crippen molar-refractivity contribution >= 4 is 22.8 Å². The van der Waals surface area contributed by atoms with Crippen molar-refractivity contribution in [3.8, 4) is 0 Å². The summed E-state index contributed by atoms with van der Waals surface area (Å²) in [6, 6.07) is 14.1. The second-order valence-electron chi connectivity index (χ2n) is 7.71. The van der Waals surface area contributed by atoms with Crippen LogP contribution in [0.2, 0.25) is 0 Å². The summed E-state index contributed by atoms with van der Waals surface area (Å²) in [5.41, 5.74) is 2.87. The van der Waals surface area contributed by atoms with Crippen molar-refractivity contribution in [1.82, 2.24) is 18.7 Å². The molecule has 0 saturated carbocycles. The van der Waals surface area contributed by atoms with Crippen LogP contribution in [0.25, 0.3) is 11.2 Å². The molecular weight excluding hydrogens is 394 g/mol. The Hall–Kier alpha value is -3.94. The predicted molar refractivity (Wildman–Crippen MR) is 119 cm³/mol. The maximum absolute atomic E-state index is 13.5. The number of hydrogen-bond acceptors (Lipinski definition) is 4. The Morgan fingerprint density at radius 2 is 1.61 bits per heavy atom. The fourth-order valence-corrected chi connectivity index (χ4v) is 3.89. The van der Waals surface area contributed by atoms with E-state index in [9.17, 15) is 14.4 Å². The highest BCUT2D eigenvalue weighted by molar-refractivity contribution is 5.96. The van der Waals surface area contributed by atoms with E-state index in [-0.39, 0.29) is 17.1 Å². The minimum Gasteiger partial charge on any atom is -0.324 e. The molecule has 4 aromatic rings. The van der Waals surface area contributed by atoms with Crippen LogP contribution in [-0.2, 0) is 18.9 Å². The first-order valence-electron chi connectivity index (χ1n) is 9.84. The summed E-state index contributed by atoms with van der Waals surface area (Å²) >= 11 is 0. The summed E-state index contributed by atoms with van der Waals surface area (Å²) in [4.78, 5) is 43.0. The fraction of sp³-hybridized carbons (Fsp3) is 0.217. The topological polar surface area (TPSA) is 90.9 Å². The van der Waals surface area contributed by atoms with Crippen molar-refractivity contribution in [2.75, 3.05) is 5.32 Å². The number of anilines is 1. The summed E-state index contributed by atoms with van der Waals surface area (Å²) < 4.78 is 3.85. The number of hydrogen-bond donors (Lipinski definition) is 1. The molecule has 2 heterocycles. The number of benzene rings is 2. The molecule has 1 N–H and O–H groups in total. The minimum absolute atomic E-state index is 0.189. The Morgan fingerprint density at radius 3 is 2.26 bits per heavy atom. The molecule has 0 saturated heterocycles. The first kappa shape index (κ1) is 20.3. The van der Waals surface area contributed by atoms with Gasteiger partial charge in [-0.05, 0) is 42.7 Å². The molecule has 1 amide bonds. The molecule has 0 spiro atoms. The largest absolute Gasteiger partial charge is 0.332 e. The molecule has 0 fully saturated rings. The van der Waals surface area contributed by atoms with Crippen LogP contribution in [0.5, 0.6) is 0 Å². The maximum atomic E-state index is 13.5. The van der Waals surface area contributed by atoms with Gasteiger partial charge in [0.25, 0.3) is 11.5 Å². The molecule has 2 aromatic carbocycles. The number of aryl methyl sites for hydroxylation is 3. The summed E-state index contributed by atoms with van der Waals surface area (Å²) in [7, 11) is 2.96. The van der Waals surface area contributed by atoms with Gasteiger partial charge in [0.05, 0.1) is 6.33 Å². The SMILES string of the molecule is Cc1cc(C)cc(NC(=O)[C@H](c2ccccc2)n2cnc3c2c(=O)n(C)c(=O)n3C)c1. The lowest BCUT2D eigenvalue weighted by molar-refractivity contribution is -0.118. The Morgan fingerprint density at radius 1 is 0.968 bits per heavy atom. The molecule has 4 rings (SSSR count). The Kier molecular flexibility index (Phi) is 5.06. The van der Waals surface area contributed by atoms with Gasteiger partial charge in [-0.2, -0.15) is 0 Å². The van der Waals surface area contributed by atoms with E-state index in [0.717, 1.165) is 15.7 Å². The van der Waals surface area contributed by atoms with Crippen LogP contribution in [-0.4, -0.2) is 24.6 Å². The van der Waals surface area contributed by atoms with Gasteiger partial charge in [0.1, 0.15) is 6.04 Å². The Balaban J connectivity index is 1.90. The number of nitrogens with one attached hydrogen (secondary N) is 1. The quantitative estimate of drug-likeness (QED) is 0.552. The zero-order chi connectivity index (χ0) is 22.3. The van der Waals surface area contributed by atoms with Crippen molar-refractivity contribution in [3.63, 3.8) is 0 Å². The third kappa shape index (κ3) is 3.56. The number of nitrogens with zero attached hydrogens (tertiary/aromatic N) is 4. The fourth-order valence-electron chi connectivity index (χ4n) is 3.89. The third-order valence-electron chi connectivity index (χ3n) is 5.30. The normalized spacial score (nSPS) is 12.1. The maximum Gasteiger partial charge on any atom is 0.332 e. The van der Waals surface area contributed by atoms with E-state index < -0.39 is 17.3 Å². The van der Waals surface area contributed by atoms with Gasteiger partial charge in [0.2, 0.25) is 0 Å². The molecule has 0 bridgehead atoms. The number of imidazole rings is 1. The standard InChI is InChI=1S/C23H23N5O3/c1-14-10-15(2)12-17(11-14)25-21(29)18(16-8-6-5-7-9-16)28-13-24-20-19(28)22(30)27(4)23(31)26(20)3/h5-13,18H,1-4H3,(H,25,29)/t18-/m0/s1. The van der Waals surface area contributed by atoms with E-state index in [2.05, 4.69) is 10.3 Å². The van der Waals surface area contributed by atoms with Crippen molar-refractivity contribution < 1.29 is 4.79 Å². The molecular formula is C23H23N5O3. The molecule has 0 aliphatic carbocycles. The second-order valence-corrected chi connectivity index (χ2v) is 7.71. The number of carbonyl (C=O) groups is 1. The molecule has 8 heteroatoms. The van der Waals surface area contributed by atoms with Gasteiger partial charge in [-0.3, -0.25) is 18.7 Å². The van der Waals surface area contributed by atoms with Gasteiger partial charge in [-0.15, -0.1) is 0 Å². The average Bonchev–Trinajstić information content (AvgIpc) is 3.15. The lowest BCUT2D eigenvalue weighted by atomic mass is 10.1. The molecule has 2 aromatic heterocycles. The monoisotopic (exact) mass is 417 g/mol. The van der Waals surface area contributed by atoms with Crippen molar-refractivity contribution in [1.29, 1.82) is 0 Å².